The molecule has 0 fully saturated rings. The maximum absolute atomic E-state index is 12.6. The van der Waals surface area contributed by atoms with E-state index in [0.717, 1.165) is 22.3 Å². The molecule has 1 amide bonds. The van der Waals surface area contributed by atoms with Crippen molar-refractivity contribution in [1.82, 2.24) is 10.3 Å². The number of nitrogens with zero attached hydrogens (tertiary/aromatic N) is 1. The summed E-state index contributed by atoms with van der Waals surface area (Å²) in [5, 5.41) is 12.1. The van der Waals surface area contributed by atoms with Crippen LogP contribution < -0.4 is 10.1 Å². The first-order valence-corrected chi connectivity index (χ1v) is 12.2. The van der Waals surface area contributed by atoms with E-state index in [0.29, 0.717) is 5.56 Å². The van der Waals surface area contributed by atoms with Crippen LogP contribution in [-0.4, -0.2) is 53.0 Å². The summed E-state index contributed by atoms with van der Waals surface area (Å²) >= 11 is 0. The number of aromatic nitrogens is 1. The summed E-state index contributed by atoms with van der Waals surface area (Å²) in [6.45, 7) is 5.05. The number of carboxylic acid groups (broad SMARTS) is 1. The summed E-state index contributed by atoms with van der Waals surface area (Å²) in [6, 6.07) is 17.8. The molecule has 198 valence electrons. The van der Waals surface area contributed by atoms with Crippen LogP contribution in [0.15, 0.2) is 66.9 Å². The number of fused-ring (bicyclic) bond motifs is 3. The third-order valence-electron chi connectivity index (χ3n) is 5.93. The smallest absolute Gasteiger partial charge is 0.407 e. The van der Waals surface area contributed by atoms with Gasteiger partial charge in [-0.15, -0.1) is 0 Å². The van der Waals surface area contributed by atoms with Gasteiger partial charge in [0, 0.05) is 24.6 Å². The number of hydrogen-bond acceptors (Lipinski definition) is 7. The Morgan fingerprint density at radius 2 is 1.61 bits per heavy atom. The van der Waals surface area contributed by atoms with Crippen LogP contribution in [0.5, 0.6) is 5.88 Å². The van der Waals surface area contributed by atoms with Crippen LogP contribution in [0, 0.1) is 0 Å². The third-order valence-corrected chi connectivity index (χ3v) is 5.93. The molecule has 4 rings (SSSR count). The van der Waals surface area contributed by atoms with Crippen molar-refractivity contribution in [3.8, 4) is 17.0 Å². The number of benzene rings is 2. The van der Waals surface area contributed by atoms with Gasteiger partial charge in [-0.25, -0.2) is 19.4 Å². The van der Waals surface area contributed by atoms with E-state index in [1.54, 1.807) is 26.8 Å². The van der Waals surface area contributed by atoms with Gasteiger partial charge < -0.3 is 24.6 Å². The van der Waals surface area contributed by atoms with Crippen LogP contribution in [0.4, 0.5) is 4.79 Å². The van der Waals surface area contributed by atoms with E-state index in [1.165, 1.54) is 12.3 Å². The van der Waals surface area contributed by atoms with Gasteiger partial charge in [-0.05, 0) is 48.6 Å². The molecule has 9 nitrogen and oxygen atoms in total. The van der Waals surface area contributed by atoms with E-state index in [2.05, 4.69) is 10.3 Å². The van der Waals surface area contributed by atoms with Gasteiger partial charge >= 0.3 is 18.0 Å². The molecular formula is C29H30N2O7. The maximum Gasteiger partial charge on any atom is 0.407 e. The number of esters is 1. The molecule has 2 N–H and O–H groups in total. The molecule has 0 spiro atoms. The van der Waals surface area contributed by atoms with Gasteiger partial charge in [-0.2, -0.15) is 0 Å². The molecule has 1 aliphatic rings. The Morgan fingerprint density at radius 1 is 0.974 bits per heavy atom. The van der Waals surface area contributed by atoms with E-state index in [9.17, 15) is 19.5 Å². The zero-order valence-electron chi connectivity index (χ0n) is 21.5. The minimum absolute atomic E-state index is 0.0150. The van der Waals surface area contributed by atoms with Crippen LogP contribution >= 0.6 is 0 Å². The van der Waals surface area contributed by atoms with Crippen LogP contribution in [0.25, 0.3) is 11.1 Å². The first-order chi connectivity index (χ1) is 18.1. The highest BCUT2D eigenvalue weighted by molar-refractivity contribution is 5.81. The normalized spacial score (nSPS) is 13.1. The zero-order chi connectivity index (χ0) is 27.3. The minimum Gasteiger partial charge on any atom is -0.480 e. The lowest BCUT2D eigenvalue weighted by Crippen LogP contribution is -2.42. The molecule has 0 bridgehead atoms. The molecule has 0 unspecified atom stereocenters. The molecule has 9 heteroatoms. The number of carboxylic acids is 1. The van der Waals surface area contributed by atoms with Gasteiger partial charge in [0.25, 0.3) is 0 Å². The van der Waals surface area contributed by atoms with Gasteiger partial charge in [0.05, 0.1) is 0 Å². The minimum atomic E-state index is -1.22. The second-order valence-corrected chi connectivity index (χ2v) is 9.94. The molecule has 1 heterocycles. The number of aliphatic carboxylic acids is 1. The topological polar surface area (TPSA) is 124 Å². The number of alkyl carbamates (subject to hydrolysis) is 1. The van der Waals surface area contributed by atoms with Crippen LogP contribution in [-0.2, 0) is 25.5 Å². The zero-order valence-corrected chi connectivity index (χ0v) is 21.5. The number of amides is 1. The molecule has 3 aromatic rings. The van der Waals surface area contributed by atoms with Crippen molar-refractivity contribution in [2.24, 2.45) is 0 Å². The van der Waals surface area contributed by atoms with Crippen LogP contribution in [0.3, 0.4) is 0 Å². The van der Waals surface area contributed by atoms with E-state index in [-0.39, 0.29) is 31.4 Å². The fourth-order valence-corrected chi connectivity index (χ4v) is 4.34. The summed E-state index contributed by atoms with van der Waals surface area (Å²) < 4.78 is 16.0. The first kappa shape index (κ1) is 26.7. The monoisotopic (exact) mass is 518 g/mol. The van der Waals surface area contributed by atoms with E-state index < -0.39 is 29.7 Å². The Bertz CT molecular complexity index is 1270. The Balaban J connectivity index is 1.31. The van der Waals surface area contributed by atoms with Crippen molar-refractivity contribution in [3.05, 3.63) is 83.6 Å². The summed E-state index contributed by atoms with van der Waals surface area (Å²) in [6.07, 6.45) is 0.600. The summed E-state index contributed by atoms with van der Waals surface area (Å²) in [4.78, 5) is 40.3. The average Bonchev–Trinajstić information content (AvgIpc) is 3.19. The van der Waals surface area contributed by atoms with Crippen LogP contribution in [0.2, 0.25) is 0 Å². The maximum atomic E-state index is 12.6. The van der Waals surface area contributed by atoms with Gasteiger partial charge in [0.15, 0.2) is 6.61 Å². The standard InChI is InChI=1S/C29H30N2O7/c1-29(2,3)38-26(32)17-36-25-13-12-18(15-30-25)14-24(27(33)34)31-28(35)37-16-23-21-10-6-4-8-19(21)20-9-5-7-11-22(20)23/h4-13,15,23-24H,14,16-17H2,1-3H3,(H,31,35)(H,33,34)/t24-/m0/s1. The molecule has 0 radical (unpaired) electrons. The first-order valence-electron chi connectivity index (χ1n) is 12.2. The second kappa shape index (κ2) is 11.3. The number of rotatable bonds is 9. The fraction of sp³-hybridized carbons (Fsp3) is 0.310. The van der Waals surface area contributed by atoms with Crippen molar-refractivity contribution in [3.63, 3.8) is 0 Å². The van der Waals surface area contributed by atoms with Crippen molar-refractivity contribution < 1.29 is 33.7 Å². The van der Waals surface area contributed by atoms with Gasteiger partial charge in [0.2, 0.25) is 5.88 Å². The van der Waals surface area contributed by atoms with Gasteiger partial charge in [0.1, 0.15) is 18.2 Å². The molecule has 0 saturated heterocycles. The SMILES string of the molecule is CC(C)(C)OC(=O)COc1ccc(C[C@H](NC(=O)OCC2c3ccccc3-c3ccccc32)C(=O)O)cn1. The van der Waals surface area contributed by atoms with Gasteiger partial charge in [-0.3, -0.25) is 0 Å². The number of carbonyl (C=O) groups is 3. The van der Waals surface area contributed by atoms with Crippen molar-refractivity contribution in [2.45, 2.75) is 44.8 Å². The second-order valence-electron chi connectivity index (χ2n) is 9.94. The highest BCUT2D eigenvalue weighted by Crippen LogP contribution is 2.44. The molecule has 1 aliphatic carbocycles. The lowest BCUT2D eigenvalue weighted by Gasteiger charge is -2.19. The van der Waals surface area contributed by atoms with E-state index in [4.69, 9.17) is 14.2 Å². The number of nitrogens with one attached hydrogen (secondary N) is 1. The Labute approximate surface area is 220 Å². The predicted molar refractivity (Wildman–Crippen MR) is 139 cm³/mol. The van der Waals surface area contributed by atoms with Gasteiger partial charge in [-0.1, -0.05) is 54.6 Å². The van der Waals surface area contributed by atoms with E-state index >= 15 is 0 Å². The average molecular weight is 519 g/mol. The molecule has 0 saturated carbocycles. The number of ether oxygens (including phenoxy) is 3. The number of hydrogen-bond donors (Lipinski definition) is 2. The largest absolute Gasteiger partial charge is 0.480 e. The lowest BCUT2D eigenvalue weighted by atomic mass is 9.98. The molecule has 1 atom stereocenters. The fourth-order valence-electron chi connectivity index (χ4n) is 4.34. The lowest BCUT2D eigenvalue weighted by molar-refractivity contribution is -0.157. The Morgan fingerprint density at radius 3 is 2.16 bits per heavy atom. The van der Waals surface area contributed by atoms with Crippen molar-refractivity contribution >= 4 is 18.0 Å². The highest BCUT2D eigenvalue weighted by atomic mass is 16.6. The van der Waals surface area contributed by atoms with Crippen molar-refractivity contribution in [2.75, 3.05) is 13.2 Å². The van der Waals surface area contributed by atoms with Crippen molar-refractivity contribution in [1.29, 1.82) is 0 Å². The highest BCUT2D eigenvalue weighted by Gasteiger charge is 2.30. The quantitative estimate of drug-likeness (QED) is 0.401. The molecule has 1 aromatic heterocycles. The van der Waals surface area contributed by atoms with E-state index in [1.807, 2.05) is 48.5 Å². The molecule has 0 aliphatic heterocycles. The number of carbonyl (C=O) groups excluding carboxylic acids is 2. The predicted octanol–water partition coefficient (Wildman–Crippen LogP) is 4.34. The molecule has 38 heavy (non-hydrogen) atoms. The Kier molecular flexibility index (Phi) is 7.95. The third kappa shape index (κ3) is 6.67. The summed E-state index contributed by atoms with van der Waals surface area (Å²) in [7, 11) is 0. The Hall–Kier alpha value is -4.40. The summed E-state index contributed by atoms with van der Waals surface area (Å²) in [5.74, 6) is -1.67. The number of pyridine rings is 1. The molecular weight excluding hydrogens is 488 g/mol. The summed E-state index contributed by atoms with van der Waals surface area (Å²) in [5.41, 5.74) is 4.27. The van der Waals surface area contributed by atoms with Crippen LogP contribution in [0.1, 0.15) is 43.4 Å². The molecule has 2 aromatic carbocycles.